The van der Waals surface area contributed by atoms with Gasteiger partial charge in [0.15, 0.2) is 11.5 Å². The van der Waals surface area contributed by atoms with Gasteiger partial charge in [-0.15, -0.1) is 0 Å². The van der Waals surface area contributed by atoms with E-state index in [4.69, 9.17) is 9.47 Å². The van der Waals surface area contributed by atoms with Gasteiger partial charge < -0.3 is 14.8 Å². The number of likely N-dealkylation sites (tertiary alicyclic amines) is 1. The Kier molecular flexibility index (Phi) is 4.33. The van der Waals surface area contributed by atoms with E-state index >= 15 is 0 Å². The van der Waals surface area contributed by atoms with E-state index in [1.807, 2.05) is 12.3 Å². The summed E-state index contributed by atoms with van der Waals surface area (Å²) in [7, 11) is 0. The molecule has 0 unspecified atom stereocenters. The number of nitrogens with one attached hydrogen (secondary N) is 2. The second kappa shape index (κ2) is 7.12. The molecule has 2 aliphatic rings. The number of benzene rings is 2. The standard InChI is InChI=1S/C21H24N4O2/c1-2-18(23-17-4-5-19-16(11-17)12-22-24-19)14-25(7-1)13-15-3-6-20-21(10-15)27-9-8-26-20/h3-6,10-12,18,23H,1-2,7-9,13-14H2,(H,22,24)/t18-/m0/s1. The van der Waals surface area contributed by atoms with Crippen LogP contribution in [0.4, 0.5) is 5.69 Å². The number of hydrogen-bond donors (Lipinski definition) is 2. The predicted molar refractivity (Wildman–Crippen MR) is 105 cm³/mol. The molecule has 0 aliphatic carbocycles. The van der Waals surface area contributed by atoms with Crippen LogP contribution in [0, 0.1) is 0 Å². The third-order valence-electron chi connectivity index (χ3n) is 5.33. The van der Waals surface area contributed by atoms with Crippen LogP contribution < -0.4 is 14.8 Å². The first-order valence-electron chi connectivity index (χ1n) is 9.64. The van der Waals surface area contributed by atoms with Gasteiger partial charge >= 0.3 is 0 Å². The molecule has 2 N–H and O–H groups in total. The molecular weight excluding hydrogens is 340 g/mol. The summed E-state index contributed by atoms with van der Waals surface area (Å²) < 4.78 is 11.3. The Labute approximate surface area is 158 Å². The zero-order valence-electron chi connectivity index (χ0n) is 15.3. The van der Waals surface area contributed by atoms with Crippen molar-refractivity contribution in [2.75, 3.05) is 31.6 Å². The number of rotatable bonds is 4. The van der Waals surface area contributed by atoms with Crippen molar-refractivity contribution >= 4 is 16.6 Å². The van der Waals surface area contributed by atoms with Gasteiger partial charge in [0, 0.05) is 30.2 Å². The van der Waals surface area contributed by atoms with Gasteiger partial charge in [0.05, 0.1) is 11.7 Å². The fourth-order valence-corrected chi connectivity index (χ4v) is 4.03. The number of piperidine rings is 1. The molecule has 2 aliphatic heterocycles. The van der Waals surface area contributed by atoms with Crippen molar-refractivity contribution in [2.45, 2.75) is 25.4 Å². The Morgan fingerprint density at radius 2 is 2.04 bits per heavy atom. The summed E-state index contributed by atoms with van der Waals surface area (Å²) >= 11 is 0. The zero-order valence-corrected chi connectivity index (χ0v) is 15.3. The first kappa shape index (κ1) is 16.4. The predicted octanol–water partition coefficient (Wildman–Crippen LogP) is 3.41. The molecular formula is C21H24N4O2. The maximum atomic E-state index is 5.72. The highest BCUT2D eigenvalue weighted by atomic mass is 16.6. The minimum Gasteiger partial charge on any atom is -0.486 e. The molecule has 140 valence electrons. The van der Waals surface area contributed by atoms with Crippen LogP contribution in [-0.4, -0.2) is 47.4 Å². The molecule has 0 radical (unpaired) electrons. The first-order chi connectivity index (χ1) is 13.3. The summed E-state index contributed by atoms with van der Waals surface area (Å²) in [6.07, 6.45) is 4.27. The lowest BCUT2D eigenvalue weighted by molar-refractivity contribution is 0.170. The van der Waals surface area contributed by atoms with Crippen molar-refractivity contribution in [3.8, 4) is 11.5 Å². The van der Waals surface area contributed by atoms with Crippen LogP contribution >= 0.6 is 0 Å². The number of ether oxygens (including phenoxy) is 2. The average molecular weight is 364 g/mol. The summed E-state index contributed by atoms with van der Waals surface area (Å²) in [6, 6.07) is 13.1. The summed E-state index contributed by atoms with van der Waals surface area (Å²) in [5.74, 6) is 1.73. The second-order valence-corrected chi connectivity index (χ2v) is 7.37. The molecule has 5 rings (SSSR count). The Bertz CT molecular complexity index is 939. The molecule has 1 atom stereocenters. The Morgan fingerprint density at radius 3 is 3.00 bits per heavy atom. The van der Waals surface area contributed by atoms with Crippen molar-refractivity contribution in [1.29, 1.82) is 0 Å². The van der Waals surface area contributed by atoms with E-state index in [9.17, 15) is 0 Å². The lowest BCUT2D eigenvalue weighted by Gasteiger charge is -2.34. The van der Waals surface area contributed by atoms with Crippen molar-refractivity contribution in [2.24, 2.45) is 0 Å². The smallest absolute Gasteiger partial charge is 0.161 e. The lowest BCUT2D eigenvalue weighted by atomic mass is 10.0. The molecule has 1 fully saturated rings. The summed E-state index contributed by atoms with van der Waals surface area (Å²) in [6.45, 7) is 4.38. The SMILES string of the molecule is c1cc2c(cc1CN1CCC[C@H](Nc3ccc4[nH]ncc4c3)C1)OCCO2. The largest absolute Gasteiger partial charge is 0.486 e. The topological polar surface area (TPSA) is 62.4 Å². The number of aromatic amines is 1. The summed E-state index contributed by atoms with van der Waals surface area (Å²) in [4.78, 5) is 2.52. The maximum Gasteiger partial charge on any atom is 0.161 e. The van der Waals surface area contributed by atoms with E-state index in [0.717, 1.165) is 47.7 Å². The quantitative estimate of drug-likeness (QED) is 0.743. The zero-order chi connectivity index (χ0) is 18.1. The molecule has 6 nitrogen and oxygen atoms in total. The Hall–Kier alpha value is -2.73. The van der Waals surface area contributed by atoms with E-state index in [1.165, 1.54) is 18.4 Å². The normalized spacial score (nSPS) is 19.9. The van der Waals surface area contributed by atoms with E-state index in [0.29, 0.717) is 19.3 Å². The molecule has 1 aromatic heterocycles. The average Bonchev–Trinajstić information content (AvgIpc) is 3.16. The number of nitrogens with zero attached hydrogens (tertiary/aromatic N) is 2. The van der Waals surface area contributed by atoms with Crippen LogP contribution in [0.3, 0.4) is 0 Å². The van der Waals surface area contributed by atoms with Gasteiger partial charge in [-0.05, 0) is 55.3 Å². The van der Waals surface area contributed by atoms with Crippen molar-refractivity contribution in [3.05, 3.63) is 48.2 Å². The van der Waals surface area contributed by atoms with Crippen LogP contribution in [-0.2, 0) is 6.54 Å². The van der Waals surface area contributed by atoms with E-state index in [2.05, 4.69) is 50.7 Å². The first-order valence-corrected chi connectivity index (χ1v) is 9.64. The minimum absolute atomic E-state index is 0.459. The monoisotopic (exact) mass is 364 g/mol. The molecule has 27 heavy (non-hydrogen) atoms. The van der Waals surface area contributed by atoms with Gasteiger partial charge in [-0.2, -0.15) is 5.10 Å². The van der Waals surface area contributed by atoms with E-state index in [1.54, 1.807) is 0 Å². The highest BCUT2D eigenvalue weighted by molar-refractivity contribution is 5.81. The maximum absolute atomic E-state index is 5.72. The van der Waals surface area contributed by atoms with Crippen LogP contribution in [0.15, 0.2) is 42.6 Å². The van der Waals surface area contributed by atoms with Gasteiger partial charge in [-0.3, -0.25) is 10.00 Å². The number of hydrogen-bond acceptors (Lipinski definition) is 5. The highest BCUT2D eigenvalue weighted by Crippen LogP contribution is 2.31. The summed E-state index contributed by atoms with van der Waals surface area (Å²) in [5, 5.41) is 11.9. The van der Waals surface area contributed by atoms with Crippen LogP contribution in [0.5, 0.6) is 11.5 Å². The summed E-state index contributed by atoms with van der Waals surface area (Å²) in [5.41, 5.74) is 3.51. The fraction of sp³-hybridized carbons (Fsp3) is 0.381. The van der Waals surface area contributed by atoms with Gasteiger partial charge in [0.1, 0.15) is 13.2 Å². The molecule has 0 bridgehead atoms. The Balaban J connectivity index is 1.24. The van der Waals surface area contributed by atoms with E-state index in [-0.39, 0.29) is 0 Å². The Morgan fingerprint density at radius 1 is 1.11 bits per heavy atom. The number of fused-ring (bicyclic) bond motifs is 2. The minimum atomic E-state index is 0.459. The molecule has 0 amide bonds. The van der Waals surface area contributed by atoms with Gasteiger partial charge in [0.2, 0.25) is 0 Å². The molecule has 3 aromatic rings. The fourth-order valence-electron chi connectivity index (χ4n) is 4.03. The number of H-pyrrole nitrogens is 1. The van der Waals surface area contributed by atoms with Gasteiger partial charge in [-0.1, -0.05) is 6.07 Å². The van der Waals surface area contributed by atoms with Crippen molar-refractivity contribution in [1.82, 2.24) is 15.1 Å². The molecule has 0 saturated carbocycles. The van der Waals surface area contributed by atoms with Gasteiger partial charge in [-0.25, -0.2) is 0 Å². The van der Waals surface area contributed by atoms with Crippen LogP contribution in [0.1, 0.15) is 18.4 Å². The molecule has 3 heterocycles. The lowest BCUT2D eigenvalue weighted by Crippen LogP contribution is -2.41. The van der Waals surface area contributed by atoms with Crippen LogP contribution in [0.2, 0.25) is 0 Å². The molecule has 1 saturated heterocycles. The third kappa shape index (κ3) is 3.57. The molecule has 6 heteroatoms. The highest BCUT2D eigenvalue weighted by Gasteiger charge is 2.21. The second-order valence-electron chi connectivity index (χ2n) is 7.37. The molecule has 0 spiro atoms. The third-order valence-corrected chi connectivity index (χ3v) is 5.33. The van der Waals surface area contributed by atoms with Crippen molar-refractivity contribution in [3.63, 3.8) is 0 Å². The molecule has 2 aromatic carbocycles. The van der Waals surface area contributed by atoms with Gasteiger partial charge in [0.25, 0.3) is 0 Å². The van der Waals surface area contributed by atoms with Crippen molar-refractivity contribution < 1.29 is 9.47 Å². The van der Waals surface area contributed by atoms with E-state index < -0.39 is 0 Å². The number of aromatic nitrogens is 2. The van der Waals surface area contributed by atoms with Crippen LogP contribution in [0.25, 0.3) is 10.9 Å². The number of anilines is 1.